The van der Waals surface area contributed by atoms with Crippen molar-refractivity contribution in [2.24, 2.45) is 0 Å². The van der Waals surface area contributed by atoms with Crippen LogP contribution < -0.4 is 4.74 Å². The Labute approximate surface area is 90.1 Å². The van der Waals surface area contributed by atoms with E-state index in [-0.39, 0.29) is 5.97 Å². The smallest absolute Gasteiger partial charge is 0.347 e. The van der Waals surface area contributed by atoms with Crippen LogP contribution in [0.4, 0.5) is 0 Å². The average Bonchev–Trinajstić information content (AvgIpc) is 2.52. The van der Waals surface area contributed by atoms with Crippen LogP contribution in [0.25, 0.3) is 0 Å². The monoisotopic (exact) mass is 256 g/mol. The second-order valence-corrected chi connectivity index (χ2v) is 3.94. The molecule has 0 bridgehead atoms. The van der Waals surface area contributed by atoms with Crippen molar-refractivity contribution in [2.45, 2.75) is 12.5 Å². The van der Waals surface area contributed by atoms with Gasteiger partial charge in [0, 0.05) is 10.9 Å². The number of benzene rings is 1. The van der Waals surface area contributed by atoms with E-state index in [1.807, 2.05) is 24.3 Å². The standard InChI is InChI=1S/C10H9BrO3/c11-7-2-1-3-8(6-7)14-9-4-5-13-10(9)12/h1-3,6,9H,4-5H2. The topological polar surface area (TPSA) is 35.5 Å². The summed E-state index contributed by atoms with van der Waals surface area (Å²) >= 11 is 3.33. The first-order chi connectivity index (χ1) is 6.75. The van der Waals surface area contributed by atoms with Crippen LogP contribution in [0.15, 0.2) is 28.7 Å². The zero-order valence-corrected chi connectivity index (χ0v) is 8.99. The number of carbonyl (C=O) groups is 1. The Morgan fingerprint density at radius 3 is 3.00 bits per heavy atom. The first-order valence-corrected chi connectivity index (χ1v) is 5.14. The van der Waals surface area contributed by atoms with E-state index in [2.05, 4.69) is 15.9 Å². The van der Waals surface area contributed by atoms with Gasteiger partial charge in [-0.25, -0.2) is 4.79 Å². The highest BCUT2D eigenvalue weighted by Crippen LogP contribution is 2.21. The predicted molar refractivity (Wildman–Crippen MR) is 54.1 cm³/mol. The highest BCUT2D eigenvalue weighted by molar-refractivity contribution is 9.10. The second kappa shape index (κ2) is 4.00. The fourth-order valence-corrected chi connectivity index (χ4v) is 1.67. The largest absolute Gasteiger partial charge is 0.479 e. The van der Waals surface area contributed by atoms with Gasteiger partial charge in [-0.15, -0.1) is 0 Å². The van der Waals surface area contributed by atoms with Crippen LogP contribution in [-0.2, 0) is 9.53 Å². The minimum atomic E-state index is -0.440. The van der Waals surface area contributed by atoms with E-state index in [1.165, 1.54) is 0 Å². The zero-order valence-electron chi connectivity index (χ0n) is 7.40. The number of halogens is 1. The number of ether oxygens (including phenoxy) is 2. The lowest BCUT2D eigenvalue weighted by atomic mass is 10.3. The summed E-state index contributed by atoms with van der Waals surface area (Å²) in [5, 5.41) is 0. The summed E-state index contributed by atoms with van der Waals surface area (Å²) in [6.07, 6.45) is 0.190. The number of cyclic esters (lactones) is 1. The molecule has 14 heavy (non-hydrogen) atoms. The Balaban J connectivity index is 2.07. The van der Waals surface area contributed by atoms with Crippen LogP contribution >= 0.6 is 15.9 Å². The molecule has 1 aliphatic rings. The maximum absolute atomic E-state index is 11.1. The molecule has 1 aliphatic heterocycles. The van der Waals surface area contributed by atoms with Gasteiger partial charge in [0.1, 0.15) is 5.75 Å². The van der Waals surface area contributed by atoms with Crippen molar-refractivity contribution >= 4 is 21.9 Å². The molecule has 0 spiro atoms. The molecule has 1 aromatic rings. The maximum atomic E-state index is 11.1. The highest BCUT2D eigenvalue weighted by atomic mass is 79.9. The normalized spacial score (nSPS) is 20.6. The van der Waals surface area contributed by atoms with Crippen LogP contribution in [0.1, 0.15) is 6.42 Å². The molecular formula is C10H9BrO3. The zero-order chi connectivity index (χ0) is 9.97. The minimum Gasteiger partial charge on any atom is -0.479 e. The van der Waals surface area contributed by atoms with E-state index < -0.39 is 6.10 Å². The summed E-state index contributed by atoms with van der Waals surface area (Å²) in [6, 6.07) is 7.40. The highest BCUT2D eigenvalue weighted by Gasteiger charge is 2.28. The van der Waals surface area contributed by atoms with Gasteiger partial charge in [-0.2, -0.15) is 0 Å². The van der Waals surface area contributed by atoms with Gasteiger partial charge < -0.3 is 9.47 Å². The molecule has 1 atom stereocenters. The molecule has 4 heteroatoms. The predicted octanol–water partition coefficient (Wildman–Crippen LogP) is 2.14. The molecule has 0 amide bonds. The van der Waals surface area contributed by atoms with E-state index in [9.17, 15) is 4.79 Å². The lowest BCUT2D eigenvalue weighted by molar-refractivity contribution is -0.143. The molecule has 1 fully saturated rings. The number of esters is 1. The van der Waals surface area contributed by atoms with E-state index >= 15 is 0 Å². The molecule has 0 radical (unpaired) electrons. The Bertz CT molecular complexity index is 351. The maximum Gasteiger partial charge on any atom is 0.347 e. The SMILES string of the molecule is O=C1OCCC1Oc1cccc(Br)c1. The van der Waals surface area contributed by atoms with Gasteiger partial charge in [-0.1, -0.05) is 22.0 Å². The van der Waals surface area contributed by atoms with Crippen molar-refractivity contribution < 1.29 is 14.3 Å². The van der Waals surface area contributed by atoms with Crippen LogP contribution in [-0.4, -0.2) is 18.7 Å². The molecule has 3 nitrogen and oxygen atoms in total. The van der Waals surface area contributed by atoms with Gasteiger partial charge in [-0.05, 0) is 18.2 Å². The quantitative estimate of drug-likeness (QED) is 0.761. The van der Waals surface area contributed by atoms with Crippen molar-refractivity contribution in [3.8, 4) is 5.75 Å². The first-order valence-electron chi connectivity index (χ1n) is 4.34. The summed E-state index contributed by atoms with van der Waals surface area (Å²) in [4.78, 5) is 11.1. The third-order valence-electron chi connectivity index (χ3n) is 1.96. The summed E-state index contributed by atoms with van der Waals surface area (Å²) in [7, 11) is 0. The summed E-state index contributed by atoms with van der Waals surface area (Å²) in [5.41, 5.74) is 0. The van der Waals surface area contributed by atoms with Crippen molar-refractivity contribution in [1.82, 2.24) is 0 Å². The van der Waals surface area contributed by atoms with Gasteiger partial charge in [0.25, 0.3) is 0 Å². The molecule has 0 aliphatic carbocycles. The molecule has 1 unspecified atom stereocenters. The number of hydrogen-bond acceptors (Lipinski definition) is 3. The Morgan fingerprint density at radius 2 is 2.36 bits per heavy atom. The molecular weight excluding hydrogens is 248 g/mol. The van der Waals surface area contributed by atoms with E-state index in [0.29, 0.717) is 18.8 Å². The van der Waals surface area contributed by atoms with Crippen molar-refractivity contribution in [3.63, 3.8) is 0 Å². The summed E-state index contributed by atoms with van der Waals surface area (Å²) in [6.45, 7) is 0.456. The Morgan fingerprint density at radius 1 is 1.50 bits per heavy atom. The molecule has 1 saturated heterocycles. The van der Waals surface area contributed by atoms with Crippen molar-refractivity contribution in [1.29, 1.82) is 0 Å². The van der Waals surface area contributed by atoms with Gasteiger partial charge in [0.2, 0.25) is 0 Å². The van der Waals surface area contributed by atoms with Crippen LogP contribution in [0.2, 0.25) is 0 Å². The summed E-state index contributed by atoms with van der Waals surface area (Å²) in [5.74, 6) is 0.410. The number of carbonyl (C=O) groups excluding carboxylic acids is 1. The van der Waals surface area contributed by atoms with Crippen LogP contribution in [0.3, 0.4) is 0 Å². The first kappa shape index (κ1) is 9.52. The van der Waals surface area contributed by atoms with Crippen molar-refractivity contribution in [2.75, 3.05) is 6.61 Å². The van der Waals surface area contributed by atoms with Gasteiger partial charge in [0.05, 0.1) is 6.61 Å². The summed E-state index contributed by atoms with van der Waals surface area (Å²) < 4.78 is 11.2. The van der Waals surface area contributed by atoms with Crippen molar-refractivity contribution in [3.05, 3.63) is 28.7 Å². The molecule has 0 saturated carbocycles. The van der Waals surface area contributed by atoms with Crippen LogP contribution in [0, 0.1) is 0 Å². The Hall–Kier alpha value is -1.03. The fourth-order valence-electron chi connectivity index (χ4n) is 1.29. The molecule has 1 aromatic carbocycles. The third kappa shape index (κ3) is 2.07. The molecule has 0 aromatic heterocycles. The lowest BCUT2D eigenvalue weighted by Crippen LogP contribution is -2.21. The second-order valence-electron chi connectivity index (χ2n) is 3.02. The van der Waals surface area contributed by atoms with Gasteiger partial charge >= 0.3 is 5.97 Å². The minimum absolute atomic E-state index is 0.273. The van der Waals surface area contributed by atoms with E-state index in [4.69, 9.17) is 9.47 Å². The van der Waals surface area contributed by atoms with Crippen LogP contribution in [0.5, 0.6) is 5.75 Å². The fraction of sp³-hybridized carbons (Fsp3) is 0.300. The molecule has 2 rings (SSSR count). The molecule has 74 valence electrons. The Kier molecular flexibility index (Phi) is 2.72. The number of rotatable bonds is 2. The number of hydrogen-bond donors (Lipinski definition) is 0. The third-order valence-corrected chi connectivity index (χ3v) is 2.45. The lowest BCUT2D eigenvalue weighted by Gasteiger charge is -2.09. The van der Waals surface area contributed by atoms with E-state index in [0.717, 1.165) is 4.47 Å². The molecule has 1 heterocycles. The van der Waals surface area contributed by atoms with Gasteiger partial charge in [0.15, 0.2) is 6.10 Å². The average molecular weight is 257 g/mol. The van der Waals surface area contributed by atoms with Gasteiger partial charge in [-0.3, -0.25) is 0 Å². The molecule has 0 N–H and O–H groups in total. The van der Waals surface area contributed by atoms with E-state index in [1.54, 1.807) is 0 Å².